The summed E-state index contributed by atoms with van der Waals surface area (Å²) < 4.78 is 0. The van der Waals surface area contributed by atoms with Crippen molar-refractivity contribution in [3.05, 3.63) is 64.7 Å². The van der Waals surface area contributed by atoms with Crippen LogP contribution in [0.3, 0.4) is 0 Å². The van der Waals surface area contributed by atoms with E-state index in [1.807, 2.05) is 0 Å². The topological polar surface area (TPSA) is 78.4 Å². The first-order valence-corrected chi connectivity index (χ1v) is 6.95. The molecule has 0 saturated carbocycles. The van der Waals surface area contributed by atoms with E-state index in [0.29, 0.717) is 16.3 Å². The summed E-state index contributed by atoms with van der Waals surface area (Å²) in [6, 6.07) is 12.4. The average molecular weight is 335 g/mol. The molecule has 0 atom stereocenters. The summed E-state index contributed by atoms with van der Waals surface area (Å²) in [4.78, 5) is 22.7. The molecule has 2 aromatic carbocycles. The van der Waals surface area contributed by atoms with Gasteiger partial charge in [-0.1, -0.05) is 11.6 Å². The number of carbonyl (C=O) groups excluding carboxylic acids is 1. The Morgan fingerprint density at radius 3 is 2.05 bits per heavy atom. The number of aromatic carboxylic acids is 1. The van der Waals surface area contributed by atoms with Gasteiger partial charge < -0.3 is 10.4 Å². The minimum absolute atomic E-state index is 0.114. The normalized spacial score (nSPS) is 9.86. The van der Waals surface area contributed by atoms with E-state index in [0.717, 1.165) is 0 Å². The zero-order valence-corrected chi connectivity index (χ0v) is 12.7. The molecule has 0 aromatic heterocycles. The minimum Gasteiger partial charge on any atom is -0.478 e. The molecule has 0 spiro atoms. The maximum atomic E-state index is 11.9. The molecule has 2 aromatic rings. The first-order chi connectivity index (χ1) is 10.5. The Kier molecular flexibility index (Phi) is 5.08. The van der Waals surface area contributed by atoms with Gasteiger partial charge in [0.25, 0.3) is 5.91 Å². The molecule has 3 N–H and O–H groups in total. The highest BCUT2D eigenvalue weighted by atomic mass is 35.5. The summed E-state index contributed by atoms with van der Waals surface area (Å²) in [5.41, 5.74) is 1.17. The molecule has 5 nitrogen and oxygen atoms in total. The molecule has 0 bridgehead atoms. The van der Waals surface area contributed by atoms with Crippen LogP contribution in [-0.2, 0) is 0 Å². The van der Waals surface area contributed by atoms with Crippen LogP contribution < -0.4 is 10.6 Å². The number of amides is 1. The van der Waals surface area contributed by atoms with Gasteiger partial charge in [0, 0.05) is 16.3 Å². The van der Waals surface area contributed by atoms with Gasteiger partial charge in [0.1, 0.15) is 0 Å². The molecule has 0 saturated heterocycles. The Morgan fingerprint density at radius 1 is 0.955 bits per heavy atom. The second kappa shape index (κ2) is 7.02. The lowest BCUT2D eigenvalue weighted by atomic mass is 10.2. The summed E-state index contributed by atoms with van der Waals surface area (Å²) in [6.07, 6.45) is 0. The highest BCUT2D eigenvalue weighted by Crippen LogP contribution is 2.11. The third-order valence-corrected chi connectivity index (χ3v) is 3.18. The minimum atomic E-state index is -1.01. The van der Waals surface area contributed by atoms with E-state index in [4.69, 9.17) is 28.9 Å². The second-order valence-corrected chi connectivity index (χ2v) is 5.14. The molecule has 0 heterocycles. The zero-order chi connectivity index (χ0) is 16.1. The van der Waals surface area contributed by atoms with E-state index in [1.165, 1.54) is 12.1 Å². The van der Waals surface area contributed by atoms with Gasteiger partial charge in [0.2, 0.25) is 0 Å². The summed E-state index contributed by atoms with van der Waals surface area (Å²) >= 11 is 10.8. The predicted molar refractivity (Wildman–Crippen MR) is 88.5 cm³/mol. The van der Waals surface area contributed by atoms with E-state index in [9.17, 15) is 9.59 Å². The first kappa shape index (κ1) is 15.9. The van der Waals surface area contributed by atoms with Crippen LogP contribution in [0.15, 0.2) is 48.5 Å². The second-order valence-electron chi connectivity index (χ2n) is 4.30. The van der Waals surface area contributed by atoms with Crippen LogP contribution in [0.25, 0.3) is 0 Å². The number of rotatable bonds is 3. The molecule has 7 heteroatoms. The van der Waals surface area contributed by atoms with Gasteiger partial charge in [-0.2, -0.15) is 0 Å². The average Bonchev–Trinajstić information content (AvgIpc) is 2.48. The lowest BCUT2D eigenvalue weighted by Crippen LogP contribution is -2.34. The molecule has 0 aliphatic rings. The maximum Gasteiger partial charge on any atom is 0.335 e. The van der Waals surface area contributed by atoms with Crippen LogP contribution in [0.5, 0.6) is 0 Å². The monoisotopic (exact) mass is 334 g/mol. The Labute approximate surface area is 136 Å². The predicted octanol–water partition coefficient (Wildman–Crippen LogP) is 3.17. The molecule has 0 unspecified atom stereocenters. The van der Waals surface area contributed by atoms with Gasteiger partial charge in [-0.3, -0.25) is 10.1 Å². The largest absolute Gasteiger partial charge is 0.478 e. The Morgan fingerprint density at radius 2 is 1.50 bits per heavy atom. The number of hydrogen-bond acceptors (Lipinski definition) is 3. The van der Waals surface area contributed by atoms with E-state index < -0.39 is 5.97 Å². The first-order valence-electron chi connectivity index (χ1n) is 6.17. The Balaban J connectivity index is 1.96. The Bertz CT molecular complexity index is 715. The number of carboxylic acids is 1. The number of anilines is 1. The molecule has 22 heavy (non-hydrogen) atoms. The molecule has 112 valence electrons. The van der Waals surface area contributed by atoms with Crippen LogP contribution in [0, 0.1) is 0 Å². The van der Waals surface area contributed by atoms with E-state index in [-0.39, 0.29) is 16.6 Å². The molecule has 0 fully saturated rings. The number of thiocarbonyl (C=S) groups is 1. The summed E-state index contributed by atoms with van der Waals surface area (Å²) in [6.45, 7) is 0. The number of carboxylic acid groups (broad SMARTS) is 1. The van der Waals surface area contributed by atoms with Crippen molar-refractivity contribution in [3.63, 3.8) is 0 Å². The fourth-order valence-electron chi connectivity index (χ4n) is 1.64. The van der Waals surface area contributed by atoms with Gasteiger partial charge in [0.15, 0.2) is 5.11 Å². The molecule has 0 radical (unpaired) electrons. The van der Waals surface area contributed by atoms with Crippen molar-refractivity contribution in [2.24, 2.45) is 0 Å². The highest BCUT2D eigenvalue weighted by Gasteiger charge is 2.08. The molecular weight excluding hydrogens is 324 g/mol. The number of carbonyl (C=O) groups is 2. The smallest absolute Gasteiger partial charge is 0.335 e. The fourth-order valence-corrected chi connectivity index (χ4v) is 1.97. The molecule has 1 amide bonds. The third-order valence-electron chi connectivity index (χ3n) is 2.72. The number of hydrogen-bond donors (Lipinski definition) is 3. The molecule has 0 aliphatic carbocycles. The summed E-state index contributed by atoms with van der Waals surface area (Å²) in [5, 5.41) is 14.8. The van der Waals surface area contributed by atoms with Crippen LogP contribution in [0.2, 0.25) is 5.02 Å². The third kappa shape index (κ3) is 4.28. The highest BCUT2D eigenvalue weighted by molar-refractivity contribution is 7.80. The van der Waals surface area contributed by atoms with Gasteiger partial charge in [-0.05, 0) is 60.7 Å². The molecule has 0 aliphatic heterocycles. The summed E-state index contributed by atoms with van der Waals surface area (Å²) in [5.74, 6) is -1.37. The molecule has 2 rings (SSSR count). The van der Waals surface area contributed by atoms with Crippen molar-refractivity contribution >= 4 is 46.5 Å². The van der Waals surface area contributed by atoms with E-state index in [1.54, 1.807) is 36.4 Å². The SMILES string of the molecule is O=C(O)c1ccc(NC(=S)NC(=O)c2ccc(Cl)cc2)cc1. The van der Waals surface area contributed by atoms with Crippen molar-refractivity contribution in [1.29, 1.82) is 0 Å². The van der Waals surface area contributed by atoms with Gasteiger partial charge in [-0.25, -0.2) is 4.79 Å². The van der Waals surface area contributed by atoms with Crippen molar-refractivity contribution in [3.8, 4) is 0 Å². The molecular formula is C15H11ClN2O3S. The van der Waals surface area contributed by atoms with Crippen molar-refractivity contribution < 1.29 is 14.7 Å². The van der Waals surface area contributed by atoms with E-state index >= 15 is 0 Å². The quantitative estimate of drug-likeness (QED) is 0.751. The van der Waals surface area contributed by atoms with Crippen molar-refractivity contribution in [2.45, 2.75) is 0 Å². The van der Waals surface area contributed by atoms with Crippen molar-refractivity contribution in [2.75, 3.05) is 5.32 Å². The van der Waals surface area contributed by atoms with Gasteiger partial charge in [0.05, 0.1) is 5.56 Å². The zero-order valence-electron chi connectivity index (χ0n) is 11.2. The maximum absolute atomic E-state index is 11.9. The van der Waals surface area contributed by atoms with Crippen LogP contribution in [-0.4, -0.2) is 22.1 Å². The Hall–Kier alpha value is -2.44. The number of halogens is 1. The van der Waals surface area contributed by atoms with Gasteiger partial charge >= 0.3 is 5.97 Å². The van der Waals surface area contributed by atoms with Gasteiger partial charge in [-0.15, -0.1) is 0 Å². The van der Waals surface area contributed by atoms with Crippen LogP contribution in [0.4, 0.5) is 5.69 Å². The standard InChI is InChI=1S/C15H11ClN2O3S/c16-11-5-1-9(2-6-11)13(19)18-15(22)17-12-7-3-10(4-8-12)14(20)21/h1-8H,(H,20,21)(H2,17,18,19,22). The lowest BCUT2D eigenvalue weighted by Gasteiger charge is -2.09. The van der Waals surface area contributed by atoms with Crippen molar-refractivity contribution in [1.82, 2.24) is 5.32 Å². The van der Waals surface area contributed by atoms with E-state index in [2.05, 4.69) is 10.6 Å². The lowest BCUT2D eigenvalue weighted by molar-refractivity contribution is 0.0696. The van der Waals surface area contributed by atoms with Crippen LogP contribution >= 0.6 is 23.8 Å². The number of nitrogens with one attached hydrogen (secondary N) is 2. The fraction of sp³-hybridized carbons (Fsp3) is 0. The number of benzene rings is 2. The van der Waals surface area contributed by atoms with Crippen LogP contribution in [0.1, 0.15) is 20.7 Å². The summed E-state index contributed by atoms with van der Waals surface area (Å²) in [7, 11) is 0.